The summed E-state index contributed by atoms with van der Waals surface area (Å²) in [6.07, 6.45) is 8.13. The topological polar surface area (TPSA) is 159 Å². The van der Waals surface area contributed by atoms with E-state index >= 15 is 0 Å². The van der Waals surface area contributed by atoms with Crippen molar-refractivity contribution in [3.05, 3.63) is 139 Å². The largest absolute Gasteiger partial charge is 0.488 e. The highest BCUT2D eigenvalue weighted by Gasteiger charge is 2.27. The molecule has 14 heteroatoms. The van der Waals surface area contributed by atoms with Crippen molar-refractivity contribution < 1.29 is 42.6 Å². The molecule has 4 aromatic heterocycles. The molecule has 316 valence electrons. The third-order valence-electron chi connectivity index (χ3n) is 9.50. The van der Waals surface area contributed by atoms with Crippen molar-refractivity contribution in [2.75, 3.05) is 6.54 Å². The Morgan fingerprint density at radius 2 is 1.18 bits per heavy atom. The minimum Gasteiger partial charge on any atom is -0.488 e. The van der Waals surface area contributed by atoms with Crippen LogP contribution < -0.4 is 15.2 Å². The molecule has 0 saturated heterocycles. The fourth-order valence-corrected chi connectivity index (χ4v) is 8.86. The number of furan rings is 2. The molecule has 61 heavy (non-hydrogen) atoms. The number of halogens is 2. The first-order valence-corrected chi connectivity index (χ1v) is 21.7. The van der Waals surface area contributed by atoms with E-state index in [1.165, 1.54) is 28.7 Å². The van der Waals surface area contributed by atoms with Gasteiger partial charge in [-0.2, -0.15) is 0 Å². The molecule has 8 rings (SSSR count). The zero-order chi connectivity index (χ0) is 43.8. The van der Waals surface area contributed by atoms with Gasteiger partial charge >= 0.3 is 5.97 Å². The summed E-state index contributed by atoms with van der Waals surface area (Å²) in [6.45, 7) is 7.29. The van der Waals surface area contributed by atoms with Gasteiger partial charge in [0.25, 0.3) is 0 Å². The molecular weight excluding hydrogens is 858 g/mol. The van der Waals surface area contributed by atoms with Gasteiger partial charge in [-0.15, -0.1) is 22.7 Å². The number of ketones is 3. The summed E-state index contributed by atoms with van der Waals surface area (Å²) in [5, 5.41) is 9.41. The van der Waals surface area contributed by atoms with Gasteiger partial charge in [-0.1, -0.05) is 23.2 Å². The standard InChI is InChI=1S/C24H21ClO4S.C15H14ClNO2S.C8H8O3/c1-14-3-6-19(28-14)7-4-18(27)5-8-20-12-17-11-16(13-21(25)24(17)29-20)23-10-9-22(30-23)15(2)26;1-8(18)13-2-3-14(20-13)9-4-10-5-11(7-17)19-15(10)12(16)6-9;1-6-2-3-7(11-6)4-5-8(9)10/h3-4,6-7,9-11,13,20H,5,8,12H2,1-2H3;2-4,6,11H,5,7,17H2,1H3;2-5H,1H3,(H,9,10)/b7-4+;;5-4+. The van der Waals surface area contributed by atoms with E-state index in [4.69, 9.17) is 52.4 Å². The maximum absolute atomic E-state index is 12.2. The van der Waals surface area contributed by atoms with E-state index in [9.17, 15) is 19.2 Å². The minimum absolute atomic E-state index is 0.00821. The number of thiophene rings is 2. The van der Waals surface area contributed by atoms with Crippen LogP contribution in [0.5, 0.6) is 11.5 Å². The molecule has 0 aliphatic carbocycles. The zero-order valence-electron chi connectivity index (χ0n) is 33.8. The van der Waals surface area contributed by atoms with Gasteiger partial charge in [-0.3, -0.25) is 14.4 Å². The number of hydrogen-bond acceptors (Lipinski definition) is 11. The minimum atomic E-state index is -0.973. The highest BCUT2D eigenvalue weighted by atomic mass is 35.5. The second-order valence-corrected chi connectivity index (χ2v) is 17.3. The third-order valence-corrected chi connectivity index (χ3v) is 12.5. The summed E-state index contributed by atoms with van der Waals surface area (Å²) in [6, 6.07) is 22.7. The maximum Gasteiger partial charge on any atom is 0.328 e. The highest BCUT2D eigenvalue weighted by molar-refractivity contribution is 7.17. The van der Waals surface area contributed by atoms with Gasteiger partial charge < -0.3 is 29.1 Å². The lowest BCUT2D eigenvalue weighted by atomic mass is 10.0. The van der Waals surface area contributed by atoms with E-state index in [-0.39, 0.29) is 29.6 Å². The van der Waals surface area contributed by atoms with Crippen LogP contribution in [0.25, 0.3) is 33.0 Å². The fraction of sp³-hybridized carbons (Fsp3) is 0.234. The van der Waals surface area contributed by atoms with Gasteiger partial charge in [0.1, 0.15) is 46.7 Å². The Morgan fingerprint density at radius 3 is 1.61 bits per heavy atom. The van der Waals surface area contributed by atoms with Crippen molar-refractivity contribution in [3.63, 3.8) is 0 Å². The molecule has 0 bridgehead atoms. The molecule has 2 unspecified atom stereocenters. The molecule has 6 heterocycles. The van der Waals surface area contributed by atoms with Crippen molar-refractivity contribution >= 4 is 81.3 Å². The molecule has 6 aromatic rings. The number of carboxylic acid groups (broad SMARTS) is 1. The van der Waals surface area contributed by atoms with Gasteiger partial charge in [0.2, 0.25) is 0 Å². The molecule has 0 saturated carbocycles. The number of aliphatic carboxylic acids is 1. The molecule has 10 nitrogen and oxygen atoms in total. The lowest BCUT2D eigenvalue weighted by molar-refractivity contribution is -0.131. The second kappa shape index (κ2) is 20.4. The lowest BCUT2D eigenvalue weighted by Crippen LogP contribution is -2.24. The van der Waals surface area contributed by atoms with Crippen molar-refractivity contribution in [1.82, 2.24) is 0 Å². The summed E-state index contributed by atoms with van der Waals surface area (Å²) in [5.41, 5.74) is 9.77. The Hall–Kier alpha value is -5.50. The Bertz CT molecular complexity index is 2630. The van der Waals surface area contributed by atoms with Crippen LogP contribution in [-0.4, -0.2) is 47.2 Å². The van der Waals surface area contributed by atoms with Gasteiger partial charge in [0.05, 0.1) is 19.8 Å². The number of ether oxygens (including phenoxy) is 2. The van der Waals surface area contributed by atoms with E-state index < -0.39 is 5.97 Å². The summed E-state index contributed by atoms with van der Waals surface area (Å²) in [5.74, 6) is 3.46. The number of carbonyl (C=O) groups is 4. The maximum atomic E-state index is 12.2. The summed E-state index contributed by atoms with van der Waals surface area (Å²) < 4.78 is 22.2. The number of fused-ring (bicyclic) bond motifs is 2. The van der Waals surface area contributed by atoms with E-state index in [2.05, 4.69) is 12.1 Å². The zero-order valence-corrected chi connectivity index (χ0v) is 36.9. The SMILES string of the molecule is CC(=O)c1ccc(-c2cc(Cl)c3c(c2)CC(CCC(=O)/C=C/c2ccc(C)o2)O3)s1.CC(=O)c1ccc(-c2cc(Cl)c3c(c2)CC(CN)O3)s1.Cc1ccc(/C=C/C(=O)O)o1. The highest BCUT2D eigenvalue weighted by Crippen LogP contribution is 2.43. The van der Waals surface area contributed by atoms with E-state index in [1.807, 2.05) is 55.5 Å². The van der Waals surface area contributed by atoms with Gasteiger partial charge in [0.15, 0.2) is 17.3 Å². The molecule has 0 spiro atoms. The molecule has 2 aromatic carbocycles. The Balaban J connectivity index is 0.000000172. The number of aryl methyl sites for hydroxylation is 2. The summed E-state index contributed by atoms with van der Waals surface area (Å²) >= 11 is 15.7. The molecule has 2 aliphatic heterocycles. The van der Waals surface area contributed by atoms with Crippen molar-refractivity contribution in [1.29, 1.82) is 0 Å². The number of carbonyl (C=O) groups excluding carboxylic acids is 3. The van der Waals surface area contributed by atoms with Crippen LogP contribution in [0.4, 0.5) is 0 Å². The van der Waals surface area contributed by atoms with E-state index in [0.717, 1.165) is 71.5 Å². The molecule has 0 radical (unpaired) electrons. The van der Waals surface area contributed by atoms with Crippen LogP contribution in [0, 0.1) is 13.8 Å². The van der Waals surface area contributed by atoms with Crippen molar-refractivity contribution in [2.45, 2.75) is 65.6 Å². The number of nitrogens with two attached hydrogens (primary N) is 1. The number of rotatable bonds is 12. The number of allylic oxidation sites excluding steroid dienone is 1. The Morgan fingerprint density at radius 1 is 0.705 bits per heavy atom. The molecule has 3 N–H and O–H groups in total. The van der Waals surface area contributed by atoms with Crippen LogP contribution in [0.15, 0.2) is 93.8 Å². The van der Waals surface area contributed by atoms with E-state index in [0.29, 0.717) is 53.1 Å². The Kier molecular flexibility index (Phi) is 15.0. The smallest absolute Gasteiger partial charge is 0.328 e. The average Bonchev–Trinajstić information content (AvgIpc) is 4.07. The van der Waals surface area contributed by atoms with Crippen LogP contribution >= 0.6 is 45.9 Å². The number of hydrogen-bond donors (Lipinski definition) is 2. The molecular formula is C47H43Cl2NO9S2. The molecule has 2 atom stereocenters. The summed E-state index contributed by atoms with van der Waals surface area (Å²) in [4.78, 5) is 48.7. The van der Waals surface area contributed by atoms with Crippen LogP contribution in [-0.2, 0) is 22.4 Å². The average molecular weight is 901 g/mol. The monoisotopic (exact) mass is 899 g/mol. The van der Waals surface area contributed by atoms with Gasteiger partial charge in [-0.05, 0) is 136 Å². The van der Waals surface area contributed by atoms with Crippen LogP contribution in [0.1, 0.15) is 80.2 Å². The fourth-order valence-electron chi connectivity index (χ4n) is 6.52. The third kappa shape index (κ3) is 12.1. The quantitative estimate of drug-likeness (QED) is 0.0894. The first-order chi connectivity index (χ1) is 29.1. The second-order valence-electron chi connectivity index (χ2n) is 14.4. The number of Topliss-reactive ketones (excluding diaryl/α,β-unsaturated/α-hetero) is 2. The van der Waals surface area contributed by atoms with Crippen molar-refractivity contribution in [3.8, 4) is 32.4 Å². The number of benzene rings is 2. The van der Waals surface area contributed by atoms with Gasteiger partial charge in [0, 0.05) is 52.8 Å². The summed E-state index contributed by atoms with van der Waals surface area (Å²) in [7, 11) is 0. The predicted octanol–water partition coefficient (Wildman–Crippen LogP) is 11.8. The van der Waals surface area contributed by atoms with E-state index in [1.54, 1.807) is 45.1 Å². The lowest BCUT2D eigenvalue weighted by Gasteiger charge is -2.10. The molecule has 0 amide bonds. The van der Waals surface area contributed by atoms with Crippen molar-refractivity contribution in [2.24, 2.45) is 5.73 Å². The Labute approximate surface area is 371 Å². The molecule has 2 aliphatic rings. The first kappa shape index (κ1) is 45.0. The first-order valence-electron chi connectivity index (χ1n) is 19.3. The van der Waals surface area contributed by atoms with Crippen LogP contribution in [0.3, 0.4) is 0 Å². The van der Waals surface area contributed by atoms with Crippen LogP contribution in [0.2, 0.25) is 10.0 Å². The van der Waals surface area contributed by atoms with Gasteiger partial charge in [-0.25, -0.2) is 4.79 Å². The predicted molar refractivity (Wildman–Crippen MR) is 242 cm³/mol. The molecule has 0 fully saturated rings. The normalized spacial score (nSPS) is 15.0. The number of carboxylic acids is 1.